The van der Waals surface area contributed by atoms with E-state index in [1.54, 1.807) is 6.08 Å². The maximum absolute atomic E-state index is 12.8. The molecule has 0 bridgehead atoms. The number of halogens is 1. The van der Waals surface area contributed by atoms with Gasteiger partial charge in [0.2, 0.25) is 0 Å². The summed E-state index contributed by atoms with van der Waals surface area (Å²) in [6.07, 6.45) is 5.62. The minimum Gasteiger partial charge on any atom is -0.451 e. The first-order chi connectivity index (χ1) is 13.5. The van der Waals surface area contributed by atoms with E-state index in [2.05, 4.69) is 6.92 Å². The smallest absolute Gasteiger partial charge is 0.303 e. The second kappa shape index (κ2) is 6.52. The number of allylic oxidation sites excluding steroid dienone is 4. The van der Waals surface area contributed by atoms with Gasteiger partial charge in [0.15, 0.2) is 17.2 Å². The van der Waals surface area contributed by atoms with E-state index >= 15 is 0 Å². The molecule has 158 valence electrons. The summed E-state index contributed by atoms with van der Waals surface area (Å²) in [7, 11) is 0. The first-order valence-electron chi connectivity index (χ1n) is 10.5. The van der Waals surface area contributed by atoms with Crippen LogP contribution in [0.1, 0.15) is 59.8 Å². The van der Waals surface area contributed by atoms with Crippen LogP contribution in [0.5, 0.6) is 0 Å². The predicted molar refractivity (Wildman–Crippen MR) is 108 cm³/mol. The average molecular weight is 421 g/mol. The number of carbonyl (C=O) groups excluding carboxylic acids is 3. The number of ether oxygens (including phenoxy) is 1. The molecular weight excluding hydrogens is 392 g/mol. The van der Waals surface area contributed by atoms with Gasteiger partial charge in [-0.15, -0.1) is 0 Å². The molecule has 4 aliphatic carbocycles. The fourth-order valence-electron chi connectivity index (χ4n) is 7.26. The highest BCUT2D eigenvalue weighted by Gasteiger charge is 2.69. The molecule has 1 N–H and O–H groups in total. The molecule has 4 rings (SSSR count). The summed E-state index contributed by atoms with van der Waals surface area (Å²) in [6.45, 7) is 6.89. The number of aliphatic hydroxyl groups is 1. The molecule has 0 aliphatic heterocycles. The van der Waals surface area contributed by atoms with Crippen LogP contribution in [0.3, 0.4) is 0 Å². The Balaban J connectivity index is 1.84. The average Bonchev–Trinajstić information content (AvgIpc) is 2.89. The second-order valence-corrected chi connectivity index (χ2v) is 10.3. The van der Waals surface area contributed by atoms with Gasteiger partial charge in [0.1, 0.15) is 0 Å². The van der Waals surface area contributed by atoms with Crippen LogP contribution in [0.4, 0.5) is 0 Å². The quantitative estimate of drug-likeness (QED) is 0.688. The SMILES string of the molecule is CC(=O)O[C@]1(C(C)=O)CC[C@H]2[C@@H]3C=C(Cl)C4=CC(=O)CC[C@]4(C)[C@H]3[C@@H](O)C[C@@]21C. The van der Waals surface area contributed by atoms with E-state index in [0.29, 0.717) is 30.7 Å². The molecule has 5 nitrogen and oxygen atoms in total. The van der Waals surface area contributed by atoms with Crippen molar-refractivity contribution in [1.82, 2.24) is 0 Å². The Morgan fingerprint density at radius 3 is 2.55 bits per heavy atom. The third-order valence-electron chi connectivity index (χ3n) is 8.51. The lowest BCUT2D eigenvalue weighted by Gasteiger charge is -2.59. The summed E-state index contributed by atoms with van der Waals surface area (Å²) in [4.78, 5) is 36.7. The molecule has 0 aromatic rings. The molecular formula is C23H29ClO5. The van der Waals surface area contributed by atoms with Crippen LogP contribution >= 0.6 is 11.6 Å². The zero-order chi connectivity index (χ0) is 21.4. The van der Waals surface area contributed by atoms with E-state index < -0.39 is 23.1 Å². The van der Waals surface area contributed by atoms with Gasteiger partial charge in [-0.25, -0.2) is 0 Å². The number of Topliss-reactive ketones (excluding diaryl/α,β-unsaturated/α-hetero) is 1. The molecule has 0 aromatic heterocycles. The van der Waals surface area contributed by atoms with Crippen molar-refractivity contribution in [3.8, 4) is 0 Å². The van der Waals surface area contributed by atoms with Gasteiger partial charge in [-0.2, -0.15) is 0 Å². The first kappa shape index (κ1) is 20.8. The van der Waals surface area contributed by atoms with Crippen molar-refractivity contribution in [3.63, 3.8) is 0 Å². The number of rotatable bonds is 2. The highest BCUT2D eigenvalue weighted by molar-refractivity contribution is 6.32. The number of aliphatic hydroxyl groups excluding tert-OH is 1. The number of fused-ring (bicyclic) bond motifs is 5. The Hall–Kier alpha value is -1.46. The number of carbonyl (C=O) groups is 3. The van der Waals surface area contributed by atoms with E-state index in [1.165, 1.54) is 13.8 Å². The van der Waals surface area contributed by atoms with Gasteiger partial charge in [0, 0.05) is 35.1 Å². The van der Waals surface area contributed by atoms with Crippen molar-refractivity contribution >= 4 is 29.1 Å². The lowest BCUT2D eigenvalue weighted by Crippen LogP contribution is -2.62. The van der Waals surface area contributed by atoms with Gasteiger partial charge in [-0.3, -0.25) is 14.4 Å². The zero-order valence-electron chi connectivity index (χ0n) is 17.5. The fourth-order valence-corrected chi connectivity index (χ4v) is 7.67. The largest absolute Gasteiger partial charge is 0.451 e. The number of hydrogen-bond acceptors (Lipinski definition) is 5. The molecule has 2 fully saturated rings. The maximum atomic E-state index is 12.8. The standard InChI is InChI=1S/C23H29ClO5/c1-12(25)23(29-13(2)26)8-6-16-15-10-18(24)17-9-14(27)5-7-21(17,3)20(15)19(28)11-22(16,23)4/h9-10,15-16,19-20,28H,5-8,11H2,1-4H3/t15-,16-,19-,20+,21-,22-,23-/m0/s1. The summed E-state index contributed by atoms with van der Waals surface area (Å²) >= 11 is 6.67. The monoisotopic (exact) mass is 420 g/mol. The van der Waals surface area contributed by atoms with Crippen molar-refractivity contribution in [1.29, 1.82) is 0 Å². The van der Waals surface area contributed by atoms with Gasteiger partial charge >= 0.3 is 5.97 Å². The molecule has 0 spiro atoms. The molecule has 7 atom stereocenters. The molecule has 0 saturated heterocycles. The Morgan fingerprint density at radius 2 is 1.93 bits per heavy atom. The zero-order valence-corrected chi connectivity index (χ0v) is 18.2. The van der Waals surface area contributed by atoms with E-state index in [0.717, 1.165) is 12.0 Å². The molecule has 4 aliphatic rings. The molecule has 6 heteroatoms. The maximum Gasteiger partial charge on any atom is 0.303 e. The highest BCUT2D eigenvalue weighted by Crippen LogP contribution is 2.68. The molecule has 0 radical (unpaired) electrons. The summed E-state index contributed by atoms with van der Waals surface area (Å²) in [6, 6.07) is 0. The van der Waals surface area contributed by atoms with Crippen LogP contribution in [-0.2, 0) is 19.1 Å². The number of hydrogen-bond donors (Lipinski definition) is 1. The lowest BCUT2D eigenvalue weighted by atomic mass is 9.47. The normalized spacial score (nSPS) is 46.1. The van der Waals surface area contributed by atoms with E-state index in [9.17, 15) is 19.5 Å². The minimum atomic E-state index is -1.21. The molecule has 0 unspecified atom stereocenters. The lowest BCUT2D eigenvalue weighted by molar-refractivity contribution is -0.193. The van der Waals surface area contributed by atoms with Crippen LogP contribution in [-0.4, -0.2) is 34.3 Å². The number of ketones is 2. The van der Waals surface area contributed by atoms with Gasteiger partial charge in [-0.05, 0) is 56.1 Å². The topological polar surface area (TPSA) is 80.7 Å². The Labute approximate surface area is 176 Å². The second-order valence-electron chi connectivity index (χ2n) is 9.87. The molecule has 29 heavy (non-hydrogen) atoms. The summed E-state index contributed by atoms with van der Waals surface area (Å²) in [5, 5.41) is 12.0. The van der Waals surface area contributed by atoms with Crippen molar-refractivity contribution in [2.75, 3.05) is 0 Å². The summed E-state index contributed by atoms with van der Waals surface area (Å²) in [5.41, 5.74) is -1.43. The van der Waals surface area contributed by atoms with E-state index in [1.807, 2.05) is 13.0 Å². The first-order valence-corrected chi connectivity index (χ1v) is 10.9. The van der Waals surface area contributed by atoms with Crippen molar-refractivity contribution in [2.24, 2.45) is 28.6 Å². The third kappa shape index (κ3) is 2.66. The molecule has 0 amide bonds. The fraction of sp³-hybridized carbons (Fsp3) is 0.696. The summed E-state index contributed by atoms with van der Waals surface area (Å²) < 4.78 is 5.72. The highest BCUT2D eigenvalue weighted by atomic mass is 35.5. The number of esters is 1. The van der Waals surface area contributed by atoms with Crippen molar-refractivity contribution < 1.29 is 24.2 Å². The van der Waals surface area contributed by atoms with Crippen LogP contribution in [0, 0.1) is 28.6 Å². The van der Waals surface area contributed by atoms with E-state index in [4.69, 9.17) is 16.3 Å². The van der Waals surface area contributed by atoms with Crippen molar-refractivity contribution in [3.05, 3.63) is 22.8 Å². The molecule has 0 aromatic carbocycles. The molecule has 2 saturated carbocycles. The van der Waals surface area contributed by atoms with Crippen LogP contribution in [0.15, 0.2) is 22.8 Å². The summed E-state index contributed by atoms with van der Waals surface area (Å²) in [5.74, 6) is -0.623. The van der Waals surface area contributed by atoms with Gasteiger partial charge in [0.25, 0.3) is 0 Å². The van der Waals surface area contributed by atoms with Crippen LogP contribution < -0.4 is 0 Å². The Morgan fingerprint density at radius 1 is 1.24 bits per heavy atom. The minimum absolute atomic E-state index is 0.0385. The van der Waals surface area contributed by atoms with Gasteiger partial charge < -0.3 is 9.84 Å². The molecule has 0 heterocycles. The Bertz CT molecular complexity index is 859. The third-order valence-corrected chi connectivity index (χ3v) is 8.83. The van der Waals surface area contributed by atoms with Gasteiger partial charge in [0.05, 0.1) is 6.10 Å². The predicted octanol–water partition coefficient (Wildman–Crippen LogP) is 3.72. The Kier molecular flexibility index (Phi) is 4.67. The van der Waals surface area contributed by atoms with E-state index in [-0.39, 0.29) is 34.7 Å². The van der Waals surface area contributed by atoms with Crippen molar-refractivity contribution in [2.45, 2.75) is 71.5 Å². The van der Waals surface area contributed by atoms with Crippen LogP contribution in [0.25, 0.3) is 0 Å². The van der Waals surface area contributed by atoms with Crippen LogP contribution in [0.2, 0.25) is 0 Å². The van der Waals surface area contributed by atoms with Gasteiger partial charge in [-0.1, -0.05) is 31.5 Å².